The quantitative estimate of drug-likeness (QED) is 0.258. The minimum Gasteiger partial charge on any atom is -0.744 e. The smallest absolute Gasteiger partial charge is 0.744 e. The summed E-state index contributed by atoms with van der Waals surface area (Å²) < 4.78 is 34.6. The van der Waals surface area contributed by atoms with E-state index in [0.29, 0.717) is 0 Å². The topological polar surface area (TPSA) is 135 Å². The van der Waals surface area contributed by atoms with E-state index in [1.807, 2.05) is 0 Å². The summed E-state index contributed by atoms with van der Waals surface area (Å²) in [6, 6.07) is 12.1. The molecule has 8 nitrogen and oxygen atoms in total. The van der Waals surface area contributed by atoms with Gasteiger partial charge < -0.3 is 14.6 Å². The summed E-state index contributed by atoms with van der Waals surface area (Å²) in [6.07, 6.45) is 0. The number of amides is 2. The van der Waals surface area contributed by atoms with Crippen LogP contribution in [0.25, 0.3) is 10.8 Å². The van der Waals surface area contributed by atoms with Gasteiger partial charge in [0.05, 0.1) is 10.6 Å². The Morgan fingerprint density at radius 1 is 0.897 bits per heavy atom. The van der Waals surface area contributed by atoms with Gasteiger partial charge in [0.25, 0.3) is 11.8 Å². The van der Waals surface area contributed by atoms with Crippen molar-refractivity contribution in [2.75, 3.05) is 4.90 Å². The molecule has 3 aromatic carbocycles. The third kappa shape index (κ3) is 3.74. The van der Waals surface area contributed by atoms with E-state index in [1.54, 1.807) is 0 Å². The van der Waals surface area contributed by atoms with Crippen LogP contribution in [0.15, 0.2) is 59.5 Å². The molecule has 0 radical (unpaired) electrons. The van der Waals surface area contributed by atoms with Crippen molar-refractivity contribution in [1.29, 1.82) is 0 Å². The van der Waals surface area contributed by atoms with Crippen molar-refractivity contribution < 1.29 is 84.0 Å². The van der Waals surface area contributed by atoms with E-state index >= 15 is 0 Å². The molecule has 0 aliphatic carbocycles. The molecule has 1 aliphatic heterocycles. The number of benzene rings is 3. The number of hydrogen-bond acceptors (Lipinski definition) is 7. The van der Waals surface area contributed by atoms with Gasteiger partial charge in [-0.3, -0.25) is 9.59 Å². The average molecular weight is 435 g/mol. The Morgan fingerprint density at radius 2 is 1.52 bits per heavy atom. The van der Waals surface area contributed by atoms with Gasteiger partial charge in [0, 0.05) is 21.9 Å². The Bertz CT molecular complexity index is 1250. The standard InChI is InChI=1S/C18H12BNO7S.K/c21-17-13-6-2-5-12-15(28(25,26)27)8-7-14(16(12)13)18(22)20(17)11-4-1-3-10(9-11)19(23)24;/h1-9,23-24H,(H,25,26,27);/q;+1/p-1. The summed E-state index contributed by atoms with van der Waals surface area (Å²) in [4.78, 5) is 26.4. The van der Waals surface area contributed by atoms with Crippen LogP contribution in [0, 0.1) is 0 Å². The van der Waals surface area contributed by atoms with Gasteiger partial charge in [-0.05, 0) is 35.8 Å². The van der Waals surface area contributed by atoms with Crippen molar-refractivity contribution in [3.8, 4) is 0 Å². The fraction of sp³-hybridized carbons (Fsp3) is 0. The van der Waals surface area contributed by atoms with E-state index < -0.39 is 33.9 Å². The van der Waals surface area contributed by atoms with Crippen molar-refractivity contribution in [2.24, 2.45) is 0 Å². The predicted octanol–water partition coefficient (Wildman–Crippen LogP) is -2.77. The molecule has 0 aromatic heterocycles. The van der Waals surface area contributed by atoms with Crippen LogP contribution in [0.1, 0.15) is 20.7 Å². The molecule has 0 saturated carbocycles. The third-order valence-electron chi connectivity index (χ3n) is 4.56. The van der Waals surface area contributed by atoms with Gasteiger partial charge in [0.15, 0.2) is 0 Å². The number of carbonyl (C=O) groups excluding carboxylic acids is 2. The molecule has 2 N–H and O–H groups in total. The fourth-order valence-electron chi connectivity index (χ4n) is 3.35. The van der Waals surface area contributed by atoms with E-state index in [-0.39, 0.29) is 84.4 Å². The molecule has 0 atom stereocenters. The van der Waals surface area contributed by atoms with Crippen molar-refractivity contribution >= 4 is 51.0 Å². The zero-order valence-corrected chi connectivity index (χ0v) is 19.0. The molecule has 4 rings (SSSR count). The Kier molecular flexibility index (Phi) is 6.16. The predicted molar refractivity (Wildman–Crippen MR) is 99.3 cm³/mol. The second kappa shape index (κ2) is 8.02. The monoisotopic (exact) mass is 435 g/mol. The van der Waals surface area contributed by atoms with Crippen LogP contribution in [0.2, 0.25) is 0 Å². The van der Waals surface area contributed by atoms with E-state index in [2.05, 4.69) is 0 Å². The van der Waals surface area contributed by atoms with Crippen LogP contribution < -0.4 is 61.7 Å². The number of hydrogen-bond donors (Lipinski definition) is 2. The Morgan fingerprint density at radius 3 is 2.14 bits per heavy atom. The molecule has 2 amide bonds. The van der Waals surface area contributed by atoms with Crippen LogP contribution in [-0.2, 0) is 10.1 Å². The Hall–Kier alpha value is -1.41. The maximum Gasteiger partial charge on any atom is 1.00 e. The summed E-state index contributed by atoms with van der Waals surface area (Å²) in [5.41, 5.74) is 0.346. The van der Waals surface area contributed by atoms with Crippen molar-refractivity contribution in [3.63, 3.8) is 0 Å². The number of carbonyl (C=O) groups is 2. The maximum absolute atomic E-state index is 13.0. The second-order valence-corrected chi connectivity index (χ2v) is 7.56. The van der Waals surface area contributed by atoms with Crippen molar-refractivity contribution in [1.82, 2.24) is 0 Å². The number of rotatable bonds is 3. The van der Waals surface area contributed by atoms with Crippen LogP contribution in [0.4, 0.5) is 5.69 Å². The van der Waals surface area contributed by atoms with Gasteiger partial charge in [0.2, 0.25) is 0 Å². The van der Waals surface area contributed by atoms with Crippen LogP contribution in [-0.4, -0.2) is 42.0 Å². The molecule has 1 aliphatic rings. The van der Waals surface area contributed by atoms with Gasteiger partial charge in [-0.25, -0.2) is 13.3 Å². The largest absolute Gasteiger partial charge is 1.00 e. The number of imide groups is 1. The van der Waals surface area contributed by atoms with Crippen LogP contribution in [0.5, 0.6) is 0 Å². The first-order valence-electron chi connectivity index (χ1n) is 8.06. The summed E-state index contributed by atoms with van der Waals surface area (Å²) in [5.74, 6) is -1.43. The minimum atomic E-state index is -4.80. The minimum absolute atomic E-state index is 0. The van der Waals surface area contributed by atoms with Gasteiger partial charge in [0.1, 0.15) is 10.1 Å². The number of nitrogens with zero attached hydrogens (tertiary/aromatic N) is 1. The van der Waals surface area contributed by atoms with Crippen molar-refractivity contribution in [3.05, 3.63) is 65.7 Å². The molecule has 11 heteroatoms. The molecule has 140 valence electrons. The summed E-state index contributed by atoms with van der Waals surface area (Å²) in [6.45, 7) is 0. The first-order valence-corrected chi connectivity index (χ1v) is 9.47. The first-order chi connectivity index (χ1) is 13.2. The SMILES string of the molecule is O=C1c2cccc3c(S(=O)(=O)[O-])ccc(c23)C(=O)N1c1cccc(B(O)O)c1.[K+]. The summed E-state index contributed by atoms with van der Waals surface area (Å²) >= 11 is 0. The Balaban J connectivity index is 0.00000240. The summed E-state index contributed by atoms with van der Waals surface area (Å²) in [7, 11) is -6.59. The van der Waals surface area contributed by atoms with Gasteiger partial charge in [-0.1, -0.05) is 24.3 Å². The normalized spacial score (nSPS) is 13.4. The first kappa shape index (κ1) is 22.3. The zero-order valence-electron chi connectivity index (χ0n) is 15.1. The van der Waals surface area contributed by atoms with Gasteiger partial charge >= 0.3 is 58.5 Å². The van der Waals surface area contributed by atoms with E-state index in [4.69, 9.17) is 0 Å². The van der Waals surface area contributed by atoms with E-state index in [1.165, 1.54) is 48.5 Å². The van der Waals surface area contributed by atoms with Crippen LogP contribution >= 0.6 is 0 Å². The molecule has 0 unspecified atom stereocenters. The molecular formula is C18H11BKNO7S. The average Bonchev–Trinajstić information content (AvgIpc) is 2.65. The molecule has 29 heavy (non-hydrogen) atoms. The fourth-order valence-corrected chi connectivity index (χ4v) is 4.02. The molecule has 0 fully saturated rings. The molecule has 0 saturated heterocycles. The summed E-state index contributed by atoms with van der Waals surface area (Å²) in [5, 5.41) is 18.8. The molecule has 0 spiro atoms. The van der Waals surface area contributed by atoms with Crippen LogP contribution in [0.3, 0.4) is 0 Å². The number of anilines is 1. The van der Waals surface area contributed by atoms with Gasteiger partial charge in [-0.2, -0.15) is 0 Å². The third-order valence-corrected chi connectivity index (χ3v) is 5.46. The molecular weight excluding hydrogens is 424 g/mol. The Labute approximate surface area is 208 Å². The van der Waals surface area contributed by atoms with E-state index in [0.717, 1.165) is 11.0 Å². The zero-order chi connectivity index (χ0) is 20.2. The van der Waals surface area contributed by atoms with Crippen molar-refractivity contribution in [2.45, 2.75) is 4.90 Å². The van der Waals surface area contributed by atoms with E-state index in [9.17, 15) is 32.6 Å². The molecule has 1 heterocycles. The molecule has 3 aromatic rings. The van der Waals surface area contributed by atoms with Gasteiger partial charge in [-0.15, -0.1) is 0 Å². The second-order valence-electron chi connectivity index (χ2n) is 6.21. The molecule has 0 bridgehead atoms. The maximum atomic E-state index is 13.0.